The predicted molar refractivity (Wildman–Crippen MR) is 92.1 cm³/mol. The Labute approximate surface area is 137 Å². The zero-order chi connectivity index (χ0) is 17.0. The van der Waals surface area contributed by atoms with Gasteiger partial charge in [-0.15, -0.1) is 0 Å². The standard InChI is InChI=1S/C19H24N2O2/c1-5-15(16-9-7-6-8-10-16)11-20-19(23)18-12(2)17(14(4)22)13(3)21-18/h6-10,15,21H,5,11H2,1-4H3,(H,20,23)/t15-/m1/s1. The van der Waals surface area contributed by atoms with Crippen LogP contribution >= 0.6 is 0 Å². The molecule has 0 radical (unpaired) electrons. The van der Waals surface area contributed by atoms with Gasteiger partial charge in [0.05, 0.1) is 0 Å². The van der Waals surface area contributed by atoms with Gasteiger partial charge in [0.25, 0.3) is 5.91 Å². The molecule has 4 nitrogen and oxygen atoms in total. The summed E-state index contributed by atoms with van der Waals surface area (Å²) in [7, 11) is 0. The predicted octanol–water partition coefficient (Wildman–Crippen LogP) is 3.76. The number of rotatable bonds is 6. The summed E-state index contributed by atoms with van der Waals surface area (Å²) >= 11 is 0. The lowest BCUT2D eigenvalue weighted by Gasteiger charge is -2.16. The lowest BCUT2D eigenvalue weighted by Crippen LogP contribution is -2.29. The summed E-state index contributed by atoms with van der Waals surface area (Å²) in [5, 5.41) is 2.99. The minimum atomic E-state index is -0.160. The number of nitrogens with one attached hydrogen (secondary N) is 2. The van der Waals surface area contributed by atoms with Gasteiger partial charge in [-0.1, -0.05) is 37.3 Å². The molecular weight excluding hydrogens is 288 g/mol. The lowest BCUT2D eigenvalue weighted by molar-refractivity contribution is 0.0945. The fourth-order valence-corrected chi connectivity index (χ4v) is 3.03. The van der Waals surface area contributed by atoms with Crippen LogP contribution in [0.1, 0.15) is 63.9 Å². The molecular formula is C19H24N2O2. The van der Waals surface area contributed by atoms with Crippen LogP contribution in [0.25, 0.3) is 0 Å². The van der Waals surface area contributed by atoms with Gasteiger partial charge in [0.2, 0.25) is 0 Å². The van der Waals surface area contributed by atoms with E-state index in [2.05, 4.69) is 29.4 Å². The van der Waals surface area contributed by atoms with Gasteiger partial charge >= 0.3 is 0 Å². The summed E-state index contributed by atoms with van der Waals surface area (Å²) in [5.74, 6) is 0.0993. The maximum atomic E-state index is 12.5. The number of hydrogen-bond donors (Lipinski definition) is 2. The minimum absolute atomic E-state index is 0.0222. The Morgan fingerprint density at radius 3 is 2.35 bits per heavy atom. The van der Waals surface area contributed by atoms with Crippen LogP contribution in [-0.2, 0) is 0 Å². The summed E-state index contributed by atoms with van der Waals surface area (Å²) < 4.78 is 0. The van der Waals surface area contributed by atoms with Crippen LogP contribution in [0.5, 0.6) is 0 Å². The summed E-state index contributed by atoms with van der Waals surface area (Å²) in [4.78, 5) is 27.2. The number of aromatic amines is 1. The molecule has 0 aliphatic heterocycles. The third kappa shape index (κ3) is 3.70. The first-order valence-electron chi connectivity index (χ1n) is 7.98. The fourth-order valence-electron chi connectivity index (χ4n) is 3.03. The summed E-state index contributed by atoms with van der Waals surface area (Å²) in [5.41, 5.74) is 3.79. The molecule has 23 heavy (non-hydrogen) atoms. The van der Waals surface area contributed by atoms with E-state index >= 15 is 0 Å². The van der Waals surface area contributed by atoms with Gasteiger partial charge in [0.1, 0.15) is 5.69 Å². The van der Waals surface area contributed by atoms with Gasteiger partial charge in [0, 0.05) is 23.7 Å². The maximum absolute atomic E-state index is 12.5. The smallest absolute Gasteiger partial charge is 0.268 e. The molecule has 0 saturated heterocycles. The summed E-state index contributed by atoms with van der Waals surface area (Å²) in [6, 6.07) is 10.2. The van der Waals surface area contributed by atoms with Gasteiger partial charge < -0.3 is 10.3 Å². The third-order valence-electron chi connectivity index (χ3n) is 4.29. The first kappa shape index (κ1) is 17.0. The Morgan fingerprint density at radius 2 is 1.83 bits per heavy atom. The summed E-state index contributed by atoms with van der Waals surface area (Å²) in [6.45, 7) is 7.84. The number of Topliss-reactive ketones (excluding diaryl/α,β-unsaturated/α-hetero) is 1. The molecule has 122 valence electrons. The molecule has 2 aromatic rings. The molecule has 0 aliphatic carbocycles. The van der Waals surface area contributed by atoms with E-state index in [1.165, 1.54) is 12.5 Å². The highest BCUT2D eigenvalue weighted by Crippen LogP contribution is 2.20. The molecule has 1 heterocycles. The Hall–Kier alpha value is -2.36. The number of H-pyrrole nitrogens is 1. The first-order valence-corrected chi connectivity index (χ1v) is 7.98. The quantitative estimate of drug-likeness (QED) is 0.798. The third-order valence-corrected chi connectivity index (χ3v) is 4.29. The second kappa shape index (κ2) is 7.27. The molecule has 0 unspecified atom stereocenters. The Kier molecular flexibility index (Phi) is 5.37. The average molecular weight is 312 g/mol. The van der Waals surface area contributed by atoms with E-state index in [0.717, 1.165) is 17.7 Å². The molecule has 4 heteroatoms. The van der Waals surface area contributed by atoms with Crippen LogP contribution in [0.3, 0.4) is 0 Å². The fraction of sp³-hybridized carbons (Fsp3) is 0.368. The van der Waals surface area contributed by atoms with E-state index in [9.17, 15) is 9.59 Å². The van der Waals surface area contributed by atoms with Crippen LogP contribution in [0, 0.1) is 13.8 Å². The van der Waals surface area contributed by atoms with Crippen molar-refractivity contribution in [2.24, 2.45) is 0 Å². The number of carbonyl (C=O) groups excluding carboxylic acids is 2. The monoisotopic (exact) mass is 312 g/mol. The number of aromatic nitrogens is 1. The van der Waals surface area contributed by atoms with Gasteiger partial charge in [-0.25, -0.2) is 0 Å². The van der Waals surface area contributed by atoms with Gasteiger partial charge in [0.15, 0.2) is 5.78 Å². The second-order valence-corrected chi connectivity index (χ2v) is 5.91. The van der Waals surface area contributed by atoms with Crippen LogP contribution in [0.15, 0.2) is 30.3 Å². The first-order chi connectivity index (χ1) is 11.0. The SMILES string of the molecule is CC[C@H](CNC(=O)c1[nH]c(C)c(C(C)=O)c1C)c1ccccc1. The van der Waals surface area contributed by atoms with E-state index in [-0.39, 0.29) is 17.6 Å². The minimum Gasteiger partial charge on any atom is -0.354 e. The van der Waals surface area contributed by atoms with Crippen LogP contribution in [-0.4, -0.2) is 23.2 Å². The number of ketones is 1. The molecule has 2 rings (SSSR count). The zero-order valence-corrected chi connectivity index (χ0v) is 14.2. The number of aryl methyl sites for hydroxylation is 1. The second-order valence-electron chi connectivity index (χ2n) is 5.91. The number of benzene rings is 1. The number of carbonyl (C=O) groups is 2. The van der Waals surface area contributed by atoms with E-state index in [1.807, 2.05) is 32.0 Å². The highest BCUT2D eigenvalue weighted by molar-refractivity contribution is 6.02. The average Bonchev–Trinajstić information content (AvgIpc) is 2.83. The van der Waals surface area contributed by atoms with Gasteiger partial charge in [-0.05, 0) is 38.3 Å². The largest absolute Gasteiger partial charge is 0.354 e. The molecule has 1 amide bonds. The molecule has 1 aromatic carbocycles. The molecule has 0 fully saturated rings. The van der Waals surface area contributed by atoms with Gasteiger partial charge in [-0.2, -0.15) is 0 Å². The molecule has 1 atom stereocenters. The molecule has 0 aliphatic rings. The molecule has 1 aromatic heterocycles. The Morgan fingerprint density at radius 1 is 1.17 bits per heavy atom. The van der Waals surface area contributed by atoms with Crippen molar-refractivity contribution in [3.63, 3.8) is 0 Å². The lowest BCUT2D eigenvalue weighted by atomic mass is 9.96. The Balaban J connectivity index is 2.11. The summed E-state index contributed by atoms with van der Waals surface area (Å²) in [6.07, 6.45) is 0.950. The molecule has 0 saturated carbocycles. The number of hydrogen-bond acceptors (Lipinski definition) is 2. The van der Waals surface area contributed by atoms with Crippen LogP contribution in [0.2, 0.25) is 0 Å². The van der Waals surface area contributed by atoms with Crippen molar-refractivity contribution in [3.05, 3.63) is 58.4 Å². The van der Waals surface area contributed by atoms with Crippen LogP contribution < -0.4 is 5.32 Å². The highest BCUT2D eigenvalue weighted by Gasteiger charge is 2.20. The van der Waals surface area contributed by atoms with Crippen molar-refractivity contribution in [1.29, 1.82) is 0 Å². The van der Waals surface area contributed by atoms with Crippen molar-refractivity contribution >= 4 is 11.7 Å². The van der Waals surface area contributed by atoms with E-state index in [4.69, 9.17) is 0 Å². The van der Waals surface area contributed by atoms with Crippen molar-refractivity contribution in [2.75, 3.05) is 6.54 Å². The highest BCUT2D eigenvalue weighted by atomic mass is 16.2. The molecule has 2 N–H and O–H groups in total. The van der Waals surface area contributed by atoms with Crippen molar-refractivity contribution in [2.45, 2.75) is 40.0 Å². The van der Waals surface area contributed by atoms with Crippen molar-refractivity contribution in [3.8, 4) is 0 Å². The van der Waals surface area contributed by atoms with E-state index in [0.29, 0.717) is 17.8 Å². The topological polar surface area (TPSA) is 62.0 Å². The Bertz CT molecular complexity index is 702. The zero-order valence-electron chi connectivity index (χ0n) is 14.2. The van der Waals surface area contributed by atoms with Gasteiger partial charge in [-0.3, -0.25) is 9.59 Å². The normalized spacial score (nSPS) is 12.0. The van der Waals surface area contributed by atoms with Crippen LogP contribution in [0.4, 0.5) is 0 Å². The maximum Gasteiger partial charge on any atom is 0.268 e. The van der Waals surface area contributed by atoms with E-state index in [1.54, 1.807) is 0 Å². The molecule has 0 spiro atoms. The van der Waals surface area contributed by atoms with Crippen molar-refractivity contribution < 1.29 is 9.59 Å². The van der Waals surface area contributed by atoms with Crippen molar-refractivity contribution in [1.82, 2.24) is 10.3 Å². The number of amides is 1. The van der Waals surface area contributed by atoms with E-state index < -0.39 is 0 Å². The molecule has 0 bridgehead atoms.